The molecule has 23 heavy (non-hydrogen) atoms. The van der Waals surface area contributed by atoms with Gasteiger partial charge in [-0.25, -0.2) is 4.79 Å². The second-order valence-electron chi connectivity index (χ2n) is 4.78. The summed E-state index contributed by atoms with van der Waals surface area (Å²) in [6.45, 7) is 0.909. The standard InChI is InChI=1S/C14H16F2N4O3/c1-14(15,16)12-18-11(19-23-12)10-6-4-9(5-7-10)8-20(22-3)13(21)17-2/h4-7H,8H2,1-3H3,(H,17,21). The number of nitrogens with zero attached hydrogens (tertiary/aromatic N) is 3. The van der Waals surface area contributed by atoms with Crippen LogP contribution in [0.25, 0.3) is 11.4 Å². The van der Waals surface area contributed by atoms with Gasteiger partial charge >= 0.3 is 12.0 Å². The van der Waals surface area contributed by atoms with E-state index in [0.717, 1.165) is 10.6 Å². The zero-order valence-corrected chi connectivity index (χ0v) is 12.8. The monoisotopic (exact) mass is 326 g/mol. The van der Waals surface area contributed by atoms with Crippen LogP contribution in [-0.4, -0.2) is 35.4 Å². The zero-order valence-electron chi connectivity index (χ0n) is 12.8. The second-order valence-corrected chi connectivity index (χ2v) is 4.78. The number of hydrogen-bond donors (Lipinski definition) is 1. The number of hydroxylamine groups is 2. The van der Waals surface area contributed by atoms with Gasteiger partial charge in [-0.2, -0.15) is 18.8 Å². The summed E-state index contributed by atoms with van der Waals surface area (Å²) in [6, 6.07) is 6.34. The number of hydrogen-bond acceptors (Lipinski definition) is 5. The van der Waals surface area contributed by atoms with E-state index in [1.807, 2.05) is 0 Å². The Hall–Kier alpha value is -2.55. The molecule has 0 atom stereocenters. The number of amides is 2. The number of carbonyl (C=O) groups is 1. The Kier molecular flexibility index (Phi) is 4.89. The lowest BCUT2D eigenvalue weighted by Crippen LogP contribution is -2.36. The van der Waals surface area contributed by atoms with E-state index in [9.17, 15) is 13.6 Å². The van der Waals surface area contributed by atoms with Crippen molar-refractivity contribution in [2.45, 2.75) is 19.4 Å². The molecule has 1 N–H and O–H groups in total. The summed E-state index contributed by atoms with van der Waals surface area (Å²) < 4.78 is 30.7. The van der Waals surface area contributed by atoms with Crippen LogP contribution in [0.3, 0.4) is 0 Å². The fourth-order valence-corrected chi connectivity index (χ4v) is 1.79. The molecule has 7 nitrogen and oxygen atoms in total. The van der Waals surface area contributed by atoms with E-state index in [-0.39, 0.29) is 18.4 Å². The third-order valence-corrected chi connectivity index (χ3v) is 3.00. The molecular weight excluding hydrogens is 310 g/mol. The normalized spacial score (nSPS) is 11.3. The smallest absolute Gasteiger partial charge is 0.339 e. The molecule has 2 rings (SSSR count). The van der Waals surface area contributed by atoms with Crippen LogP contribution in [0.15, 0.2) is 28.8 Å². The molecule has 0 radical (unpaired) electrons. The van der Waals surface area contributed by atoms with Crippen molar-refractivity contribution < 1.29 is 22.9 Å². The van der Waals surface area contributed by atoms with Gasteiger partial charge < -0.3 is 9.84 Å². The first-order valence-corrected chi connectivity index (χ1v) is 6.70. The molecule has 0 fully saturated rings. The summed E-state index contributed by atoms with van der Waals surface area (Å²) in [5.74, 6) is -3.85. The third kappa shape index (κ3) is 4.01. The number of carbonyl (C=O) groups excluding carboxylic acids is 1. The van der Waals surface area contributed by atoms with Gasteiger partial charge in [0.15, 0.2) is 0 Å². The molecule has 1 heterocycles. The molecule has 0 unspecified atom stereocenters. The van der Waals surface area contributed by atoms with Gasteiger partial charge in [-0.15, -0.1) is 0 Å². The van der Waals surface area contributed by atoms with Gasteiger partial charge in [0.2, 0.25) is 5.82 Å². The minimum Gasteiger partial charge on any atom is -0.339 e. The summed E-state index contributed by atoms with van der Waals surface area (Å²) in [5.41, 5.74) is 1.31. The molecule has 2 amide bonds. The summed E-state index contributed by atoms with van der Waals surface area (Å²) in [4.78, 5) is 20.2. The van der Waals surface area contributed by atoms with Gasteiger partial charge in [0.1, 0.15) is 0 Å². The molecular formula is C14H16F2N4O3. The number of rotatable bonds is 5. The maximum atomic E-state index is 13.1. The third-order valence-electron chi connectivity index (χ3n) is 3.00. The number of aromatic nitrogens is 2. The highest BCUT2D eigenvalue weighted by Crippen LogP contribution is 2.27. The molecule has 2 aromatic rings. The number of benzene rings is 1. The summed E-state index contributed by atoms with van der Waals surface area (Å²) in [5, 5.41) is 7.12. The van der Waals surface area contributed by atoms with E-state index in [2.05, 4.69) is 20.0 Å². The highest BCUT2D eigenvalue weighted by atomic mass is 19.3. The van der Waals surface area contributed by atoms with Gasteiger partial charge in [0.25, 0.3) is 5.89 Å². The molecule has 1 aromatic heterocycles. The van der Waals surface area contributed by atoms with E-state index in [1.54, 1.807) is 24.3 Å². The number of nitrogens with one attached hydrogen (secondary N) is 1. The molecule has 0 saturated carbocycles. The van der Waals surface area contributed by atoms with E-state index in [1.165, 1.54) is 14.2 Å². The minimum absolute atomic E-state index is 0.0722. The zero-order chi connectivity index (χ0) is 17.0. The van der Waals surface area contributed by atoms with Crippen LogP contribution in [0.2, 0.25) is 0 Å². The van der Waals surface area contributed by atoms with Crippen molar-refractivity contribution in [3.8, 4) is 11.4 Å². The molecule has 1 aromatic carbocycles. The van der Waals surface area contributed by atoms with Crippen molar-refractivity contribution in [2.24, 2.45) is 0 Å². The number of urea groups is 1. The largest absolute Gasteiger partial charge is 0.341 e. The van der Waals surface area contributed by atoms with Crippen molar-refractivity contribution in [2.75, 3.05) is 14.2 Å². The fraction of sp³-hybridized carbons (Fsp3) is 0.357. The van der Waals surface area contributed by atoms with Crippen LogP contribution >= 0.6 is 0 Å². The lowest BCUT2D eigenvalue weighted by Gasteiger charge is -2.18. The van der Waals surface area contributed by atoms with E-state index in [0.29, 0.717) is 12.5 Å². The van der Waals surface area contributed by atoms with Gasteiger partial charge in [-0.1, -0.05) is 29.4 Å². The van der Waals surface area contributed by atoms with Gasteiger partial charge in [-0.3, -0.25) is 4.84 Å². The Morgan fingerprint density at radius 1 is 1.39 bits per heavy atom. The lowest BCUT2D eigenvalue weighted by molar-refractivity contribution is -0.0927. The predicted molar refractivity (Wildman–Crippen MR) is 76.3 cm³/mol. The van der Waals surface area contributed by atoms with Gasteiger partial charge in [-0.05, 0) is 5.56 Å². The van der Waals surface area contributed by atoms with Gasteiger partial charge in [0, 0.05) is 19.5 Å². The summed E-state index contributed by atoms with van der Waals surface area (Å²) in [6.07, 6.45) is 0. The SMILES string of the molecule is CNC(=O)N(Cc1ccc(-c2noc(C(C)(F)F)n2)cc1)OC. The number of halogens is 2. The quantitative estimate of drug-likeness (QED) is 0.854. The van der Waals surface area contributed by atoms with Crippen molar-refractivity contribution in [3.63, 3.8) is 0 Å². The molecule has 0 aliphatic heterocycles. The van der Waals surface area contributed by atoms with Crippen LogP contribution < -0.4 is 5.32 Å². The van der Waals surface area contributed by atoms with E-state index < -0.39 is 11.8 Å². The first kappa shape index (κ1) is 16.8. The van der Waals surface area contributed by atoms with E-state index >= 15 is 0 Å². The molecule has 0 saturated heterocycles. The highest BCUT2D eigenvalue weighted by Gasteiger charge is 2.32. The van der Waals surface area contributed by atoms with Crippen molar-refractivity contribution in [1.82, 2.24) is 20.5 Å². The Labute approximate surface area is 131 Å². The predicted octanol–water partition coefficient (Wildman–Crippen LogP) is 2.55. The van der Waals surface area contributed by atoms with Crippen LogP contribution in [0.5, 0.6) is 0 Å². The number of alkyl halides is 2. The Bertz CT molecular complexity index is 667. The molecule has 124 valence electrons. The first-order chi connectivity index (χ1) is 10.8. The molecule has 0 bridgehead atoms. The highest BCUT2D eigenvalue weighted by molar-refractivity contribution is 5.72. The Balaban J connectivity index is 2.13. The summed E-state index contributed by atoms with van der Waals surface area (Å²) >= 11 is 0. The molecule has 0 spiro atoms. The molecule has 9 heteroatoms. The van der Waals surface area contributed by atoms with Crippen molar-refractivity contribution >= 4 is 6.03 Å². The Morgan fingerprint density at radius 2 is 2.04 bits per heavy atom. The maximum Gasteiger partial charge on any atom is 0.341 e. The molecule has 0 aliphatic rings. The van der Waals surface area contributed by atoms with Crippen LogP contribution in [-0.2, 0) is 17.3 Å². The second kappa shape index (κ2) is 6.69. The minimum atomic E-state index is -3.18. The summed E-state index contributed by atoms with van der Waals surface area (Å²) in [7, 11) is 2.88. The van der Waals surface area contributed by atoms with Crippen molar-refractivity contribution in [1.29, 1.82) is 0 Å². The van der Waals surface area contributed by atoms with Gasteiger partial charge in [0.05, 0.1) is 13.7 Å². The molecule has 0 aliphatic carbocycles. The van der Waals surface area contributed by atoms with Crippen LogP contribution in [0.4, 0.5) is 13.6 Å². The van der Waals surface area contributed by atoms with Crippen LogP contribution in [0, 0.1) is 0 Å². The van der Waals surface area contributed by atoms with Crippen molar-refractivity contribution in [3.05, 3.63) is 35.7 Å². The topological polar surface area (TPSA) is 80.5 Å². The Morgan fingerprint density at radius 3 is 2.52 bits per heavy atom. The average Bonchev–Trinajstić information content (AvgIpc) is 3.02. The first-order valence-electron chi connectivity index (χ1n) is 6.70. The van der Waals surface area contributed by atoms with E-state index in [4.69, 9.17) is 4.84 Å². The maximum absolute atomic E-state index is 13.1. The fourth-order valence-electron chi connectivity index (χ4n) is 1.79. The average molecular weight is 326 g/mol. The van der Waals surface area contributed by atoms with Crippen LogP contribution in [0.1, 0.15) is 18.4 Å². The lowest BCUT2D eigenvalue weighted by atomic mass is 10.1.